The number of anilines is 1. The Morgan fingerprint density at radius 3 is 2.68 bits per heavy atom. The van der Waals surface area contributed by atoms with Crippen molar-refractivity contribution in [1.82, 2.24) is 19.7 Å². The largest absolute Gasteiger partial charge is 0.355 e. The highest BCUT2D eigenvalue weighted by atomic mass is 19.3. The molecule has 0 spiro atoms. The van der Waals surface area contributed by atoms with Crippen molar-refractivity contribution in [2.24, 2.45) is 5.92 Å². The number of fused-ring (bicyclic) bond motifs is 1. The summed E-state index contributed by atoms with van der Waals surface area (Å²) in [4.78, 5) is 21.7. The number of hydrogen-bond donors (Lipinski definition) is 0. The van der Waals surface area contributed by atoms with Gasteiger partial charge in [-0.2, -0.15) is 5.10 Å². The van der Waals surface area contributed by atoms with Crippen molar-refractivity contribution >= 4 is 16.7 Å². The van der Waals surface area contributed by atoms with Crippen LogP contribution in [0.3, 0.4) is 0 Å². The first kappa shape index (κ1) is 15.6. The highest BCUT2D eigenvalue weighted by Gasteiger charge is 2.30. The number of alkyl halides is 2. The lowest BCUT2D eigenvalue weighted by Gasteiger charge is -2.40. The van der Waals surface area contributed by atoms with Gasteiger partial charge in [0.25, 0.3) is 12.0 Å². The molecule has 0 atom stereocenters. The van der Waals surface area contributed by atoms with Crippen molar-refractivity contribution in [2.45, 2.75) is 13.0 Å². The molecule has 3 heterocycles. The average Bonchev–Trinajstić information content (AvgIpc) is 2.58. The van der Waals surface area contributed by atoms with E-state index >= 15 is 0 Å². The smallest absolute Gasteiger partial charge is 0.297 e. The maximum Gasteiger partial charge on any atom is 0.297 e. The van der Waals surface area contributed by atoms with Crippen LogP contribution in [0.5, 0.6) is 0 Å². The van der Waals surface area contributed by atoms with Gasteiger partial charge in [-0.05, 0) is 18.2 Å². The summed E-state index contributed by atoms with van der Waals surface area (Å²) >= 11 is 0. The predicted molar refractivity (Wildman–Crippen MR) is 88.7 cm³/mol. The van der Waals surface area contributed by atoms with Crippen LogP contribution in [0.25, 0.3) is 10.9 Å². The minimum Gasteiger partial charge on any atom is -0.355 e. The normalized spacial score (nSPS) is 14.9. The van der Waals surface area contributed by atoms with Crippen LogP contribution in [0, 0.1) is 5.92 Å². The van der Waals surface area contributed by atoms with E-state index in [-0.39, 0.29) is 11.5 Å². The Kier molecular flexibility index (Phi) is 3.87. The topological polar surface area (TPSA) is 63.9 Å². The Morgan fingerprint density at radius 1 is 1.12 bits per heavy atom. The summed E-state index contributed by atoms with van der Waals surface area (Å²) in [6.07, 6.45) is -1.14. The van der Waals surface area contributed by atoms with Crippen LogP contribution in [0.15, 0.2) is 47.4 Å². The fourth-order valence-electron chi connectivity index (χ4n) is 3.04. The molecule has 0 bridgehead atoms. The highest BCUT2D eigenvalue weighted by Crippen LogP contribution is 2.31. The summed E-state index contributed by atoms with van der Waals surface area (Å²) in [5, 5.41) is 4.80. The maximum atomic E-state index is 13.1. The van der Waals surface area contributed by atoms with Crippen molar-refractivity contribution in [3.05, 3.63) is 58.8 Å². The fraction of sp³-hybridized carbons (Fsp3) is 0.294. The van der Waals surface area contributed by atoms with E-state index in [2.05, 4.69) is 15.1 Å². The molecular formula is C17H15F2N5O. The predicted octanol–water partition coefficient (Wildman–Crippen LogP) is 2.26. The molecule has 1 aliphatic heterocycles. The number of para-hydroxylation sites is 1. The Morgan fingerprint density at radius 2 is 1.92 bits per heavy atom. The van der Waals surface area contributed by atoms with Gasteiger partial charge in [0.2, 0.25) is 0 Å². The molecule has 0 N–H and O–H groups in total. The Balaban J connectivity index is 1.57. The molecule has 0 unspecified atom stereocenters. The van der Waals surface area contributed by atoms with Crippen LogP contribution in [0.2, 0.25) is 0 Å². The zero-order valence-corrected chi connectivity index (χ0v) is 13.2. The van der Waals surface area contributed by atoms with E-state index in [1.54, 1.807) is 24.4 Å². The lowest BCUT2D eigenvalue weighted by molar-refractivity contribution is 0.140. The van der Waals surface area contributed by atoms with Crippen molar-refractivity contribution in [3.8, 4) is 0 Å². The Bertz CT molecular complexity index is 968. The molecule has 128 valence electrons. The van der Waals surface area contributed by atoms with Crippen molar-refractivity contribution in [1.29, 1.82) is 0 Å². The van der Waals surface area contributed by atoms with Gasteiger partial charge in [-0.3, -0.25) is 4.79 Å². The van der Waals surface area contributed by atoms with Gasteiger partial charge in [-0.1, -0.05) is 12.1 Å². The molecule has 25 heavy (non-hydrogen) atoms. The van der Waals surface area contributed by atoms with Gasteiger partial charge in [-0.15, -0.1) is 0 Å². The SMILES string of the molecule is O=c1cccnn1CC1CN(c2nc(C(F)F)nc3ccccc23)C1. The lowest BCUT2D eigenvalue weighted by atomic mass is 9.99. The van der Waals surface area contributed by atoms with Crippen LogP contribution in [-0.4, -0.2) is 32.8 Å². The number of rotatable bonds is 4. The van der Waals surface area contributed by atoms with Crippen LogP contribution in [0.4, 0.5) is 14.6 Å². The third-order valence-electron chi connectivity index (χ3n) is 4.27. The maximum absolute atomic E-state index is 13.1. The van der Waals surface area contributed by atoms with Gasteiger partial charge in [0.05, 0.1) is 12.1 Å². The van der Waals surface area contributed by atoms with E-state index in [0.717, 1.165) is 5.39 Å². The molecule has 6 nitrogen and oxygen atoms in total. The highest BCUT2D eigenvalue weighted by molar-refractivity contribution is 5.89. The second kappa shape index (κ2) is 6.19. The number of halogens is 2. The summed E-state index contributed by atoms with van der Waals surface area (Å²) in [6, 6.07) is 10.2. The van der Waals surface area contributed by atoms with E-state index < -0.39 is 12.2 Å². The van der Waals surface area contributed by atoms with Crippen LogP contribution in [-0.2, 0) is 6.54 Å². The molecule has 1 saturated heterocycles. The second-order valence-corrected chi connectivity index (χ2v) is 6.04. The summed E-state index contributed by atoms with van der Waals surface area (Å²) in [5.41, 5.74) is 0.362. The molecule has 1 fully saturated rings. The van der Waals surface area contributed by atoms with E-state index in [9.17, 15) is 13.6 Å². The van der Waals surface area contributed by atoms with Gasteiger partial charge in [0.15, 0.2) is 5.82 Å². The molecule has 0 radical (unpaired) electrons. The van der Waals surface area contributed by atoms with Crippen LogP contribution < -0.4 is 10.5 Å². The number of nitrogens with zero attached hydrogens (tertiary/aromatic N) is 5. The molecular weight excluding hydrogens is 328 g/mol. The second-order valence-electron chi connectivity index (χ2n) is 6.04. The van der Waals surface area contributed by atoms with Gasteiger partial charge < -0.3 is 4.90 Å². The fourth-order valence-corrected chi connectivity index (χ4v) is 3.04. The van der Waals surface area contributed by atoms with E-state index in [1.165, 1.54) is 10.7 Å². The number of hydrogen-bond acceptors (Lipinski definition) is 5. The summed E-state index contributed by atoms with van der Waals surface area (Å²) in [5.74, 6) is 0.278. The monoisotopic (exact) mass is 343 g/mol. The Hall–Kier alpha value is -2.90. The molecule has 0 amide bonds. The molecule has 8 heteroatoms. The van der Waals surface area contributed by atoms with Crippen molar-refractivity contribution < 1.29 is 8.78 Å². The quantitative estimate of drug-likeness (QED) is 0.727. The van der Waals surface area contributed by atoms with E-state index in [1.807, 2.05) is 17.0 Å². The third kappa shape index (κ3) is 2.95. The van der Waals surface area contributed by atoms with Gasteiger partial charge in [-0.25, -0.2) is 23.4 Å². The standard InChI is InChI=1S/C17H15F2N5O/c18-15(19)16-21-13-5-2-1-4-12(13)17(22-16)23-8-11(9-23)10-24-14(25)6-3-7-20-24/h1-7,11,15H,8-10H2. The molecule has 0 aliphatic carbocycles. The molecule has 1 aromatic carbocycles. The minimum atomic E-state index is -2.72. The number of benzene rings is 1. The molecule has 0 saturated carbocycles. The minimum absolute atomic E-state index is 0.145. The van der Waals surface area contributed by atoms with Gasteiger partial charge in [0.1, 0.15) is 5.82 Å². The zero-order valence-electron chi connectivity index (χ0n) is 13.2. The van der Waals surface area contributed by atoms with E-state index in [4.69, 9.17) is 0 Å². The molecule has 2 aromatic heterocycles. The van der Waals surface area contributed by atoms with E-state index in [0.29, 0.717) is 31.0 Å². The summed E-state index contributed by atoms with van der Waals surface area (Å²) in [6.45, 7) is 1.76. The van der Waals surface area contributed by atoms with Crippen LogP contribution >= 0.6 is 0 Å². The van der Waals surface area contributed by atoms with Crippen molar-refractivity contribution in [3.63, 3.8) is 0 Å². The molecule has 4 rings (SSSR count). The first-order valence-corrected chi connectivity index (χ1v) is 7.94. The first-order valence-electron chi connectivity index (χ1n) is 7.94. The van der Waals surface area contributed by atoms with Crippen LogP contribution in [0.1, 0.15) is 12.2 Å². The molecule has 3 aromatic rings. The van der Waals surface area contributed by atoms with Crippen molar-refractivity contribution in [2.75, 3.05) is 18.0 Å². The summed E-state index contributed by atoms with van der Waals surface area (Å²) in [7, 11) is 0. The third-order valence-corrected chi connectivity index (χ3v) is 4.27. The summed E-state index contributed by atoms with van der Waals surface area (Å²) < 4.78 is 27.6. The average molecular weight is 343 g/mol. The molecule has 1 aliphatic rings. The zero-order chi connectivity index (χ0) is 17.4. The first-order chi connectivity index (χ1) is 12.1. The van der Waals surface area contributed by atoms with Gasteiger partial charge >= 0.3 is 0 Å². The van der Waals surface area contributed by atoms with Gasteiger partial charge in [0, 0.05) is 36.7 Å². The Labute approximate surface area is 141 Å². The number of aromatic nitrogens is 4. The lowest BCUT2D eigenvalue weighted by Crippen LogP contribution is -2.50.